The van der Waals surface area contributed by atoms with E-state index in [1.54, 1.807) is 0 Å². The monoisotopic (exact) mass is 798 g/mol. The van der Waals surface area contributed by atoms with Crippen LogP contribution >= 0.6 is 0 Å². The molecule has 0 saturated carbocycles. The van der Waals surface area contributed by atoms with Crippen LogP contribution in [-0.2, 0) is 20.1 Å². The molecule has 5 heteroatoms. The zero-order valence-corrected chi connectivity index (χ0v) is 28.9. The van der Waals surface area contributed by atoms with Gasteiger partial charge in [0.15, 0.2) is 0 Å². The van der Waals surface area contributed by atoms with Crippen molar-refractivity contribution in [1.82, 2.24) is 15.0 Å². The van der Waals surface area contributed by atoms with E-state index in [0.29, 0.717) is 0 Å². The fraction of sp³-hybridized carbons (Fsp3) is 0.0465. The van der Waals surface area contributed by atoms with E-state index >= 15 is 0 Å². The average Bonchev–Trinajstić information content (AvgIpc) is 3.57. The van der Waals surface area contributed by atoms with Gasteiger partial charge in [-0.2, -0.15) is 0 Å². The normalized spacial score (nSPS) is 10.5. The quantitative estimate of drug-likeness (QED) is 0.163. The fourth-order valence-corrected chi connectivity index (χ4v) is 5.41. The number of pyridine rings is 3. The van der Waals surface area contributed by atoms with E-state index < -0.39 is 0 Å². The van der Waals surface area contributed by atoms with Crippen LogP contribution in [0, 0.1) is 26.1 Å². The molecule has 4 nitrogen and oxygen atoms in total. The topological polar surface area (TPSA) is 51.8 Å². The number of nitrogens with zero attached hydrogens (tertiary/aromatic N) is 3. The van der Waals surface area contributed by atoms with Gasteiger partial charge in [-0.15, -0.1) is 47.5 Å². The van der Waals surface area contributed by atoms with Gasteiger partial charge in [0.05, 0.1) is 0 Å². The molecule has 0 aliphatic heterocycles. The van der Waals surface area contributed by atoms with Gasteiger partial charge in [0.2, 0.25) is 0 Å². The third-order valence-electron chi connectivity index (χ3n) is 7.85. The van der Waals surface area contributed by atoms with Crippen molar-refractivity contribution in [2.24, 2.45) is 0 Å². The maximum atomic E-state index is 6.13. The predicted octanol–water partition coefficient (Wildman–Crippen LogP) is 10.9. The first-order valence-electron chi connectivity index (χ1n) is 15.5. The van der Waals surface area contributed by atoms with Crippen molar-refractivity contribution < 1.29 is 24.5 Å². The molecule has 0 amide bonds. The largest absolute Gasteiger partial charge is 0.456 e. The summed E-state index contributed by atoms with van der Waals surface area (Å²) in [6.07, 6.45) is 6.92. The number of hydrogen-bond donors (Lipinski definition) is 0. The second-order valence-electron chi connectivity index (χ2n) is 11.4. The predicted molar refractivity (Wildman–Crippen MR) is 190 cm³/mol. The van der Waals surface area contributed by atoms with Crippen LogP contribution in [-0.4, -0.2) is 15.0 Å². The van der Waals surface area contributed by atoms with Crippen LogP contribution in [0.25, 0.3) is 67.2 Å². The molecule has 235 valence electrons. The Morgan fingerprint density at radius 2 is 1.35 bits per heavy atom. The number of aromatic nitrogens is 3. The van der Waals surface area contributed by atoms with Crippen molar-refractivity contribution in [2.45, 2.75) is 13.8 Å². The van der Waals surface area contributed by atoms with E-state index in [1.165, 1.54) is 5.56 Å². The van der Waals surface area contributed by atoms with E-state index in [2.05, 4.69) is 89.8 Å². The fourth-order valence-electron chi connectivity index (χ4n) is 5.41. The molecule has 8 aromatic rings. The molecular formula is C43H31IrN3O-2. The van der Waals surface area contributed by atoms with Gasteiger partial charge < -0.3 is 19.4 Å². The van der Waals surface area contributed by atoms with Gasteiger partial charge >= 0.3 is 0 Å². The van der Waals surface area contributed by atoms with Crippen molar-refractivity contribution in [3.8, 4) is 56.2 Å². The van der Waals surface area contributed by atoms with Crippen LogP contribution in [0.2, 0.25) is 0 Å². The molecule has 0 aliphatic rings. The third kappa shape index (κ3) is 7.39. The number of benzene rings is 4. The standard InChI is InChI=1S/C31H21N2O.C12H10N.Ir/c1-21-14-15-32-28(16-21)26-18-27(31(33-20-26)23-10-6-3-7-11-23)24-12-13-29-25(17-24)19-30(34-29)22-8-4-2-5-9-22;1-10-7-8-12(13-9-10)11-5-3-2-4-6-11;/h2-19H,1H3;2-5,7-9H,1H3;/q2*-1;. The van der Waals surface area contributed by atoms with Crippen molar-refractivity contribution >= 4 is 11.0 Å². The van der Waals surface area contributed by atoms with Gasteiger partial charge in [-0.05, 0) is 78.1 Å². The Morgan fingerprint density at radius 1 is 0.583 bits per heavy atom. The van der Waals surface area contributed by atoms with Crippen LogP contribution < -0.4 is 0 Å². The number of rotatable bonds is 5. The Bertz CT molecular complexity index is 2250. The van der Waals surface area contributed by atoms with Crippen LogP contribution in [0.1, 0.15) is 11.1 Å². The van der Waals surface area contributed by atoms with Crippen molar-refractivity contribution in [1.29, 1.82) is 0 Å². The van der Waals surface area contributed by atoms with Crippen LogP contribution in [0.4, 0.5) is 0 Å². The summed E-state index contributed by atoms with van der Waals surface area (Å²) in [6, 6.07) is 50.1. The summed E-state index contributed by atoms with van der Waals surface area (Å²) >= 11 is 0. The van der Waals surface area contributed by atoms with Crippen molar-refractivity contribution in [3.63, 3.8) is 0 Å². The smallest absolute Gasteiger partial charge is 0.135 e. The van der Waals surface area contributed by atoms with Gasteiger partial charge in [-0.25, -0.2) is 0 Å². The van der Waals surface area contributed by atoms with Gasteiger partial charge in [0, 0.05) is 43.4 Å². The molecule has 4 aromatic heterocycles. The molecule has 0 aliphatic carbocycles. The Kier molecular flexibility index (Phi) is 10.1. The van der Waals surface area contributed by atoms with Crippen LogP contribution in [0.5, 0.6) is 0 Å². The Morgan fingerprint density at radius 3 is 2.06 bits per heavy atom. The van der Waals surface area contributed by atoms with Gasteiger partial charge in [-0.1, -0.05) is 96.1 Å². The number of fused-ring (bicyclic) bond motifs is 1. The second-order valence-corrected chi connectivity index (χ2v) is 11.4. The summed E-state index contributed by atoms with van der Waals surface area (Å²) in [7, 11) is 0. The Labute approximate surface area is 294 Å². The maximum Gasteiger partial charge on any atom is 0.135 e. The molecule has 4 heterocycles. The Balaban J connectivity index is 0.000000241. The molecule has 4 aromatic carbocycles. The molecule has 0 spiro atoms. The molecule has 48 heavy (non-hydrogen) atoms. The van der Waals surface area contributed by atoms with E-state index in [4.69, 9.17) is 9.40 Å². The van der Waals surface area contributed by atoms with Crippen molar-refractivity contribution in [3.05, 3.63) is 175 Å². The van der Waals surface area contributed by atoms with Gasteiger partial charge in [0.1, 0.15) is 11.3 Å². The third-order valence-corrected chi connectivity index (χ3v) is 7.85. The Hall–Kier alpha value is -5.48. The molecular weight excluding hydrogens is 767 g/mol. The maximum absolute atomic E-state index is 6.13. The van der Waals surface area contributed by atoms with E-state index in [1.807, 2.05) is 98.2 Å². The zero-order chi connectivity index (χ0) is 32.0. The van der Waals surface area contributed by atoms with Crippen LogP contribution in [0.15, 0.2) is 156 Å². The average molecular weight is 798 g/mol. The molecule has 0 unspecified atom stereocenters. The molecule has 8 rings (SSSR count). The number of hydrogen-bond acceptors (Lipinski definition) is 4. The first kappa shape index (κ1) is 32.5. The van der Waals surface area contributed by atoms with Gasteiger partial charge in [0.25, 0.3) is 0 Å². The first-order chi connectivity index (χ1) is 23.1. The minimum absolute atomic E-state index is 0. The summed E-state index contributed by atoms with van der Waals surface area (Å²) in [5.74, 6) is 0.861. The molecule has 1 radical (unpaired) electrons. The summed E-state index contributed by atoms with van der Waals surface area (Å²) in [5.41, 5.74) is 12.1. The van der Waals surface area contributed by atoms with E-state index in [9.17, 15) is 0 Å². The summed E-state index contributed by atoms with van der Waals surface area (Å²) in [5, 5.41) is 1.05. The van der Waals surface area contributed by atoms with E-state index in [-0.39, 0.29) is 20.1 Å². The number of furan rings is 1. The molecule has 0 saturated heterocycles. The summed E-state index contributed by atoms with van der Waals surface area (Å²) < 4.78 is 6.13. The minimum Gasteiger partial charge on any atom is -0.456 e. The molecule has 0 fully saturated rings. The SMILES string of the molecule is Cc1ccc(-c2[c-]cccc2)nc1.Cc1ccnc(-c2[c-]nc(-c3ccccc3)c(-c3ccc4oc(-c5ccccc5)cc4c3)c2)c1.[Ir]. The number of aryl methyl sites for hydroxylation is 2. The van der Waals surface area contributed by atoms with Crippen molar-refractivity contribution in [2.75, 3.05) is 0 Å². The second kappa shape index (κ2) is 15.0. The summed E-state index contributed by atoms with van der Waals surface area (Å²) in [6.45, 7) is 4.10. The van der Waals surface area contributed by atoms with Gasteiger partial charge in [-0.3, -0.25) is 0 Å². The molecule has 0 bridgehead atoms. The summed E-state index contributed by atoms with van der Waals surface area (Å²) in [4.78, 5) is 13.6. The minimum atomic E-state index is 0. The zero-order valence-electron chi connectivity index (χ0n) is 26.5. The molecule has 0 N–H and O–H groups in total. The van der Waals surface area contributed by atoms with Crippen LogP contribution in [0.3, 0.4) is 0 Å². The molecule has 0 atom stereocenters. The first-order valence-corrected chi connectivity index (χ1v) is 15.5. The van der Waals surface area contributed by atoms with E-state index in [0.717, 1.165) is 72.8 Å².